The maximum atomic E-state index is 12.3. The zero-order valence-corrected chi connectivity index (χ0v) is 13.9. The highest BCUT2D eigenvalue weighted by molar-refractivity contribution is 7.91. The molecule has 1 fully saturated rings. The first kappa shape index (κ1) is 17.2. The molecule has 0 bridgehead atoms. The van der Waals surface area contributed by atoms with E-state index < -0.39 is 9.84 Å². The van der Waals surface area contributed by atoms with E-state index in [0.717, 1.165) is 19.7 Å². The van der Waals surface area contributed by atoms with Crippen molar-refractivity contribution < 1.29 is 17.9 Å². The van der Waals surface area contributed by atoms with Gasteiger partial charge in [0.05, 0.1) is 30.5 Å². The number of rotatable bonds is 7. The second-order valence-electron chi connectivity index (χ2n) is 5.46. The zero-order valence-electron chi connectivity index (χ0n) is 13.1. The molecule has 0 aliphatic carbocycles. The first-order chi connectivity index (χ1) is 10.5. The van der Waals surface area contributed by atoms with Crippen molar-refractivity contribution in [2.45, 2.75) is 11.0 Å². The Morgan fingerprint density at radius 1 is 1.45 bits per heavy atom. The third-order valence-corrected chi connectivity index (χ3v) is 5.38. The molecule has 0 amide bonds. The van der Waals surface area contributed by atoms with E-state index in [1.54, 1.807) is 24.3 Å². The van der Waals surface area contributed by atoms with Crippen LogP contribution in [-0.2, 0) is 14.6 Å². The van der Waals surface area contributed by atoms with Crippen LogP contribution >= 0.6 is 0 Å². The highest BCUT2D eigenvalue weighted by Gasteiger charge is 2.18. The van der Waals surface area contributed by atoms with Crippen molar-refractivity contribution in [2.24, 2.45) is 0 Å². The molecule has 2 rings (SSSR count). The number of sulfone groups is 1. The maximum Gasteiger partial charge on any atom is 0.179 e. The Balaban J connectivity index is 1.80. The largest absolute Gasteiger partial charge is 0.497 e. The van der Waals surface area contributed by atoms with Crippen LogP contribution in [0.1, 0.15) is 0 Å². The van der Waals surface area contributed by atoms with Crippen molar-refractivity contribution >= 4 is 9.84 Å². The number of hydrogen-bond acceptors (Lipinski definition) is 6. The van der Waals surface area contributed by atoms with E-state index in [9.17, 15) is 8.42 Å². The second kappa shape index (κ2) is 7.92. The molecule has 1 aromatic rings. The molecule has 0 saturated carbocycles. The second-order valence-corrected chi connectivity index (χ2v) is 7.57. The molecule has 124 valence electrons. The predicted molar refractivity (Wildman–Crippen MR) is 85.2 cm³/mol. The summed E-state index contributed by atoms with van der Waals surface area (Å²) in [7, 11) is 0.280. The summed E-state index contributed by atoms with van der Waals surface area (Å²) in [6, 6.07) is 6.56. The average molecular weight is 328 g/mol. The van der Waals surface area contributed by atoms with Crippen LogP contribution < -0.4 is 10.1 Å². The first-order valence-electron chi connectivity index (χ1n) is 7.39. The Morgan fingerprint density at radius 3 is 3.00 bits per heavy atom. The fourth-order valence-corrected chi connectivity index (χ4v) is 3.60. The van der Waals surface area contributed by atoms with E-state index in [-0.39, 0.29) is 11.9 Å². The van der Waals surface area contributed by atoms with Gasteiger partial charge in [-0.15, -0.1) is 0 Å². The zero-order chi connectivity index (χ0) is 16.0. The van der Waals surface area contributed by atoms with Crippen LogP contribution in [0.4, 0.5) is 0 Å². The lowest BCUT2D eigenvalue weighted by atomic mass is 10.3. The predicted octanol–water partition coefficient (Wildman–Crippen LogP) is 0.389. The number of benzene rings is 1. The SMILES string of the molecule is COc1cccc(S(=O)(=O)CCNCC2CN(C)CCO2)c1. The quantitative estimate of drug-likeness (QED) is 0.730. The number of nitrogens with one attached hydrogen (secondary N) is 1. The summed E-state index contributed by atoms with van der Waals surface area (Å²) >= 11 is 0. The summed E-state index contributed by atoms with van der Waals surface area (Å²) in [4.78, 5) is 2.50. The molecule has 1 aliphatic heterocycles. The minimum atomic E-state index is -3.30. The number of nitrogens with zero attached hydrogens (tertiary/aromatic N) is 1. The van der Waals surface area contributed by atoms with Crippen LogP contribution in [0.3, 0.4) is 0 Å². The van der Waals surface area contributed by atoms with Gasteiger partial charge in [0.25, 0.3) is 0 Å². The molecule has 1 aromatic carbocycles. The van der Waals surface area contributed by atoms with Crippen LogP contribution in [0.15, 0.2) is 29.2 Å². The summed E-state index contributed by atoms with van der Waals surface area (Å²) in [5.41, 5.74) is 0. The van der Waals surface area contributed by atoms with E-state index in [4.69, 9.17) is 9.47 Å². The molecule has 0 aromatic heterocycles. The molecule has 1 aliphatic rings. The van der Waals surface area contributed by atoms with E-state index in [2.05, 4.69) is 17.3 Å². The Bertz CT molecular complexity index is 577. The third kappa shape index (κ3) is 4.95. The van der Waals surface area contributed by atoms with Crippen molar-refractivity contribution in [2.75, 3.05) is 52.7 Å². The molecular weight excluding hydrogens is 304 g/mol. The van der Waals surface area contributed by atoms with E-state index in [0.29, 0.717) is 23.7 Å². The summed E-state index contributed by atoms with van der Waals surface area (Å²) in [5, 5.41) is 3.17. The van der Waals surface area contributed by atoms with Gasteiger partial charge in [-0.05, 0) is 25.2 Å². The van der Waals surface area contributed by atoms with Crippen molar-refractivity contribution in [1.82, 2.24) is 10.2 Å². The normalized spacial score (nSPS) is 20.0. The molecule has 0 radical (unpaired) electrons. The number of morpholine rings is 1. The maximum absolute atomic E-state index is 12.3. The average Bonchev–Trinajstić information content (AvgIpc) is 2.52. The first-order valence-corrected chi connectivity index (χ1v) is 9.04. The third-order valence-electron chi connectivity index (χ3n) is 3.66. The van der Waals surface area contributed by atoms with Gasteiger partial charge in [-0.3, -0.25) is 0 Å². The minimum Gasteiger partial charge on any atom is -0.497 e. The lowest BCUT2D eigenvalue weighted by Gasteiger charge is -2.30. The molecule has 1 atom stereocenters. The number of likely N-dealkylation sites (N-methyl/N-ethyl adjacent to an activating group) is 1. The topological polar surface area (TPSA) is 67.9 Å². The fraction of sp³-hybridized carbons (Fsp3) is 0.600. The van der Waals surface area contributed by atoms with E-state index >= 15 is 0 Å². The molecule has 7 heteroatoms. The molecule has 1 N–H and O–H groups in total. The van der Waals surface area contributed by atoms with Crippen LogP contribution in [0.25, 0.3) is 0 Å². The standard InChI is InChI=1S/C15H24N2O4S/c1-17-7-8-21-14(12-17)11-16-6-9-22(18,19)15-5-3-4-13(10-15)20-2/h3-5,10,14,16H,6-9,11-12H2,1-2H3. The monoisotopic (exact) mass is 328 g/mol. The Kier molecular flexibility index (Phi) is 6.19. The summed E-state index contributed by atoms with van der Waals surface area (Å²) in [6.07, 6.45) is 0.123. The van der Waals surface area contributed by atoms with Gasteiger partial charge in [0.1, 0.15) is 5.75 Å². The Labute approximate surface area is 132 Å². The van der Waals surface area contributed by atoms with Crippen LogP contribution in [0.2, 0.25) is 0 Å². The van der Waals surface area contributed by atoms with Gasteiger partial charge in [-0.2, -0.15) is 0 Å². The highest BCUT2D eigenvalue weighted by atomic mass is 32.2. The van der Waals surface area contributed by atoms with Gasteiger partial charge in [0, 0.05) is 26.2 Å². The Morgan fingerprint density at radius 2 is 2.27 bits per heavy atom. The minimum absolute atomic E-state index is 0.0583. The lowest BCUT2D eigenvalue weighted by Crippen LogP contribution is -2.45. The molecule has 6 nitrogen and oxygen atoms in total. The number of methoxy groups -OCH3 is 1. The van der Waals surface area contributed by atoms with Crippen molar-refractivity contribution in [3.63, 3.8) is 0 Å². The number of ether oxygens (including phenoxy) is 2. The molecule has 0 spiro atoms. The van der Waals surface area contributed by atoms with Gasteiger partial charge in [0.2, 0.25) is 0 Å². The molecule has 1 unspecified atom stereocenters. The van der Waals surface area contributed by atoms with Gasteiger partial charge in [0.15, 0.2) is 9.84 Å². The van der Waals surface area contributed by atoms with Gasteiger partial charge < -0.3 is 19.7 Å². The summed E-state index contributed by atoms with van der Waals surface area (Å²) in [5.74, 6) is 0.607. The number of hydrogen-bond donors (Lipinski definition) is 1. The lowest BCUT2D eigenvalue weighted by molar-refractivity contribution is -0.0178. The molecule has 22 heavy (non-hydrogen) atoms. The Hall–Kier alpha value is -1.15. The van der Waals surface area contributed by atoms with Crippen molar-refractivity contribution in [1.29, 1.82) is 0 Å². The molecule has 1 saturated heterocycles. The summed E-state index contributed by atoms with van der Waals surface area (Å²) in [6.45, 7) is 3.61. The fourth-order valence-electron chi connectivity index (χ4n) is 2.37. The van der Waals surface area contributed by atoms with Gasteiger partial charge >= 0.3 is 0 Å². The van der Waals surface area contributed by atoms with E-state index in [1.807, 2.05) is 0 Å². The van der Waals surface area contributed by atoms with Crippen LogP contribution in [0, 0.1) is 0 Å². The molecule has 1 heterocycles. The summed E-state index contributed by atoms with van der Waals surface area (Å²) < 4.78 is 35.2. The smallest absolute Gasteiger partial charge is 0.179 e. The van der Waals surface area contributed by atoms with Gasteiger partial charge in [-0.1, -0.05) is 6.07 Å². The van der Waals surface area contributed by atoms with Gasteiger partial charge in [-0.25, -0.2) is 8.42 Å². The van der Waals surface area contributed by atoms with Crippen LogP contribution in [-0.4, -0.2) is 72.1 Å². The van der Waals surface area contributed by atoms with Crippen LogP contribution in [0.5, 0.6) is 5.75 Å². The highest BCUT2D eigenvalue weighted by Crippen LogP contribution is 2.17. The van der Waals surface area contributed by atoms with Crippen molar-refractivity contribution in [3.05, 3.63) is 24.3 Å². The molecular formula is C15H24N2O4S. The van der Waals surface area contributed by atoms with Crippen molar-refractivity contribution in [3.8, 4) is 5.75 Å². The van der Waals surface area contributed by atoms with E-state index in [1.165, 1.54) is 7.11 Å².